The second-order valence-corrected chi connectivity index (χ2v) is 10.2. The third-order valence-corrected chi connectivity index (χ3v) is 8.50. The molecular formula is C27H38O2. The lowest BCUT2D eigenvalue weighted by molar-refractivity contribution is -0.115. The van der Waals surface area contributed by atoms with Gasteiger partial charge in [0.05, 0.1) is 6.10 Å². The molecule has 0 heterocycles. The Balaban J connectivity index is 1.44. The van der Waals surface area contributed by atoms with Gasteiger partial charge in [0.1, 0.15) is 0 Å². The van der Waals surface area contributed by atoms with Crippen molar-refractivity contribution in [2.75, 3.05) is 0 Å². The van der Waals surface area contributed by atoms with Gasteiger partial charge in [-0.2, -0.15) is 0 Å². The summed E-state index contributed by atoms with van der Waals surface area (Å²) in [5, 5.41) is 10.1. The van der Waals surface area contributed by atoms with E-state index in [1.165, 1.54) is 49.7 Å². The molecule has 3 saturated carbocycles. The Morgan fingerprint density at radius 3 is 2.79 bits per heavy atom. The maximum atomic E-state index is 11.7. The molecule has 4 rings (SSSR count). The molecule has 0 spiro atoms. The van der Waals surface area contributed by atoms with Crippen molar-refractivity contribution >= 4 is 5.78 Å². The van der Waals surface area contributed by atoms with E-state index in [2.05, 4.69) is 25.7 Å². The molecule has 4 unspecified atom stereocenters. The van der Waals surface area contributed by atoms with Crippen molar-refractivity contribution in [3.63, 3.8) is 0 Å². The van der Waals surface area contributed by atoms with Crippen LogP contribution in [0, 0.1) is 17.3 Å². The number of rotatable bonds is 4. The molecule has 4 aliphatic carbocycles. The maximum Gasteiger partial charge on any atom is 0.155 e. The zero-order chi connectivity index (χ0) is 20.4. The Kier molecular flexibility index (Phi) is 6.30. The number of carbonyl (C=O) groups excluding carboxylic acids is 1. The summed E-state index contributed by atoms with van der Waals surface area (Å²) in [6, 6.07) is 0. The molecular weight excluding hydrogens is 356 g/mol. The highest BCUT2D eigenvalue weighted by Gasteiger charge is 2.48. The fourth-order valence-electron chi connectivity index (χ4n) is 6.67. The van der Waals surface area contributed by atoms with E-state index >= 15 is 0 Å². The molecule has 2 nitrogen and oxygen atoms in total. The zero-order valence-corrected chi connectivity index (χ0v) is 18.2. The van der Waals surface area contributed by atoms with Crippen LogP contribution in [0.2, 0.25) is 0 Å². The average molecular weight is 395 g/mol. The average Bonchev–Trinajstić information content (AvgIpc) is 3.04. The van der Waals surface area contributed by atoms with Crippen molar-refractivity contribution in [1.29, 1.82) is 0 Å². The Labute approximate surface area is 176 Å². The normalized spacial score (nSPS) is 38.4. The van der Waals surface area contributed by atoms with Gasteiger partial charge in [-0.3, -0.25) is 4.79 Å². The molecule has 4 aliphatic rings. The van der Waals surface area contributed by atoms with E-state index in [0.29, 0.717) is 17.1 Å². The SMILES string of the molecule is C=C1/C(=C\C=C2/CCCC3(C)C(CCC4=CC(=O)CCC4)CCC23)CCCC1O. The van der Waals surface area contributed by atoms with Crippen LogP contribution in [-0.4, -0.2) is 17.0 Å². The molecule has 0 bridgehead atoms. The summed E-state index contributed by atoms with van der Waals surface area (Å²) >= 11 is 0. The lowest BCUT2D eigenvalue weighted by atomic mass is 9.62. The van der Waals surface area contributed by atoms with Crippen LogP contribution in [0.5, 0.6) is 0 Å². The first-order valence-electron chi connectivity index (χ1n) is 12.0. The minimum absolute atomic E-state index is 0.340. The van der Waals surface area contributed by atoms with Gasteiger partial charge >= 0.3 is 0 Å². The topological polar surface area (TPSA) is 37.3 Å². The van der Waals surface area contributed by atoms with E-state index in [-0.39, 0.29) is 6.10 Å². The van der Waals surface area contributed by atoms with E-state index in [0.717, 1.165) is 56.4 Å². The maximum absolute atomic E-state index is 11.7. The molecule has 29 heavy (non-hydrogen) atoms. The quantitative estimate of drug-likeness (QED) is 0.582. The fourth-order valence-corrected chi connectivity index (χ4v) is 6.67. The van der Waals surface area contributed by atoms with Crippen LogP contribution >= 0.6 is 0 Å². The molecule has 0 aliphatic heterocycles. The van der Waals surface area contributed by atoms with Gasteiger partial charge in [-0.25, -0.2) is 0 Å². The molecule has 2 heteroatoms. The van der Waals surface area contributed by atoms with Gasteiger partial charge in [0, 0.05) is 6.42 Å². The zero-order valence-electron chi connectivity index (χ0n) is 18.2. The van der Waals surface area contributed by atoms with Crippen LogP contribution in [0.4, 0.5) is 0 Å². The smallest absolute Gasteiger partial charge is 0.155 e. The molecule has 0 aromatic rings. The van der Waals surface area contributed by atoms with Crippen LogP contribution in [0.15, 0.2) is 47.1 Å². The first kappa shape index (κ1) is 20.8. The molecule has 158 valence electrons. The van der Waals surface area contributed by atoms with E-state index in [1.54, 1.807) is 5.57 Å². The Bertz CT molecular complexity index is 752. The third-order valence-electron chi connectivity index (χ3n) is 8.50. The van der Waals surface area contributed by atoms with Crippen LogP contribution in [-0.2, 0) is 4.79 Å². The molecule has 4 atom stereocenters. The predicted octanol–water partition coefficient (Wildman–Crippen LogP) is 6.62. The first-order chi connectivity index (χ1) is 14.0. The summed E-state index contributed by atoms with van der Waals surface area (Å²) in [4.78, 5) is 11.7. The second-order valence-electron chi connectivity index (χ2n) is 10.2. The lowest BCUT2D eigenvalue weighted by Gasteiger charge is -2.42. The highest BCUT2D eigenvalue weighted by molar-refractivity contribution is 5.91. The van der Waals surface area contributed by atoms with Crippen LogP contribution < -0.4 is 0 Å². The highest BCUT2D eigenvalue weighted by atomic mass is 16.3. The number of ketones is 1. The number of aliphatic hydroxyl groups is 1. The summed E-state index contributed by atoms with van der Waals surface area (Å²) in [5.74, 6) is 1.84. The number of hydrogen-bond acceptors (Lipinski definition) is 2. The standard InChI is InChI=1S/C27H38O2/c1-19-21(7-4-10-26(19)29)12-13-22-8-5-17-27(2)23(15-16-25(22)27)14-11-20-6-3-9-24(28)18-20/h12-13,18,23,25-26,29H,1,3-11,14-17H2,2H3/b21-12-,22-13+. The summed E-state index contributed by atoms with van der Waals surface area (Å²) in [6.45, 7) is 6.67. The van der Waals surface area contributed by atoms with Gasteiger partial charge in [0.2, 0.25) is 0 Å². The Morgan fingerprint density at radius 1 is 1.10 bits per heavy atom. The van der Waals surface area contributed by atoms with E-state index in [4.69, 9.17) is 0 Å². The van der Waals surface area contributed by atoms with Gasteiger partial charge in [-0.15, -0.1) is 0 Å². The van der Waals surface area contributed by atoms with Crippen molar-refractivity contribution < 1.29 is 9.90 Å². The second kappa shape index (κ2) is 8.76. The molecule has 0 amide bonds. The van der Waals surface area contributed by atoms with E-state index < -0.39 is 0 Å². The minimum Gasteiger partial charge on any atom is -0.388 e. The number of allylic oxidation sites excluding steroid dienone is 5. The predicted molar refractivity (Wildman–Crippen MR) is 120 cm³/mol. The third kappa shape index (κ3) is 4.38. The summed E-state index contributed by atoms with van der Waals surface area (Å²) in [6.07, 6.45) is 21.1. The molecule has 0 radical (unpaired) electrons. The molecule has 0 saturated heterocycles. The van der Waals surface area contributed by atoms with Crippen molar-refractivity contribution in [1.82, 2.24) is 0 Å². The summed E-state index contributed by atoms with van der Waals surface area (Å²) in [5.41, 5.74) is 5.65. The fraction of sp³-hybridized carbons (Fsp3) is 0.667. The number of aliphatic hydroxyl groups excluding tert-OH is 1. The van der Waals surface area contributed by atoms with E-state index in [9.17, 15) is 9.90 Å². The van der Waals surface area contributed by atoms with Crippen LogP contribution in [0.25, 0.3) is 0 Å². The number of fused-ring (bicyclic) bond motifs is 1. The Hall–Kier alpha value is -1.41. The molecule has 0 aromatic carbocycles. The van der Waals surface area contributed by atoms with Gasteiger partial charge in [-0.1, -0.05) is 36.8 Å². The van der Waals surface area contributed by atoms with Crippen LogP contribution in [0.3, 0.4) is 0 Å². The summed E-state index contributed by atoms with van der Waals surface area (Å²) < 4.78 is 0. The van der Waals surface area contributed by atoms with Crippen molar-refractivity contribution in [3.8, 4) is 0 Å². The van der Waals surface area contributed by atoms with Crippen LogP contribution in [0.1, 0.15) is 90.4 Å². The molecule has 0 aromatic heterocycles. The van der Waals surface area contributed by atoms with Crippen molar-refractivity contribution in [2.45, 2.75) is 96.5 Å². The minimum atomic E-state index is -0.346. The van der Waals surface area contributed by atoms with Crippen molar-refractivity contribution in [3.05, 3.63) is 47.1 Å². The molecule has 3 fully saturated rings. The van der Waals surface area contributed by atoms with E-state index in [1.807, 2.05) is 6.08 Å². The van der Waals surface area contributed by atoms with Crippen molar-refractivity contribution in [2.24, 2.45) is 17.3 Å². The monoisotopic (exact) mass is 394 g/mol. The van der Waals surface area contributed by atoms with Gasteiger partial charge in [0.25, 0.3) is 0 Å². The van der Waals surface area contributed by atoms with Gasteiger partial charge < -0.3 is 5.11 Å². The largest absolute Gasteiger partial charge is 0.388 e. The molecule has 1 N–H and O–H groups in total. The summed E-state index contributed by atoms with van der Waals surface area (Å²) in [7, 11) is 0. The highest BCUT2D eigenvalue weighted by Crippen LogP contribution is 2.58. The Morgan fingerprint density at radius 2 is 1.97 bits per heavy atom. The first-order valence-corrected chi connectivity index (χ1v) is 12.0. The van der Waals surface area contributed by atoms with Gasteiger partial charge in [0.15, 0.2) is 5.78 Å². The lowest BCUT2D eigenvalue weighted by Crippen LogP contribution is -2.33. The number of carbonyl (C=O) groups is 1. The van der Waals surface area contributed by atoms with Gasteiger partial charge in [-0.05, 0) is 112 Å². The number of hydrogen-bond donors (Lipinski definition) is 1.